The Hall–Kier alpha value is -3.81. The molecule has 7 nitrogen and oxygen atoms in total. The Bertz CT molecular complexity index is 1200. The molecule has 1 aromatic heterocycles. The lowest BCUT2D eigenvalue weighted by atomic mass is 10.1. The molecule has 190 valence electrons. The van der Waals surface area contributed by atoms with Crippen LogP contribution in [0.3, 0.4) is 0 Å². The molecule has 2 aromatic carbocycles. The molecule has 4 rings (SSSR count). The molecular formula is C28H31FN2O5. The van der Waals surface area contributed by atoms with Crippen LogP contribution in [0.2, 0.25) is 0 Å². The van der Waals surface area contributed by atoms with Gasteiger partial charge in [-0.15, -0.1) is 0 Å². The van der Waals surface area contributed by atoms with Crippen LogP contribution in [0, 0.1) is 12.7 Å². The van der Waals surface area contributed by atoms with E-state index in [1.54, 1.807) is 24.0 Å². The second kappa shape index (κ2) is 11.3. The Labute approximate surface area is 210 Å². The summed E-state index contributed by atoms with van der Waals surface area (Å²) in [6.45, 7) is 2.53. The lowest BCUT2D eigenvalue weighted by molar-refractivity contribution is -0.132. The second-order valence-electron chi connectivity index (χ2n) is 8.94. The normalized spacial score (nSPS) is 12.8. The highest BCUT2D eigenvalue weighted by atomic mass is 19.1. The van der Waals surface area contributed by atoms with Crippen LogP contribution in [0.25, 0.3) is 0 Å². The number of hydrogen-bond donors (Lipinski definition) is 0. The summed E-state index contributed by atoms with van der Waals surface area (Å²) in [5, 5.41) is 0. The molecule has 8 heteroatoms. The van der Waals surface area contributed by atoms with Crippen molar-refractivity contribution in [3.05, 3.63) is 83.1 Å². The van der Waals surface area contributed by atoms with Gasteiger partial charge in [0.1, 0.15) is 23.9 Å². The van der Waals surface area contributed by atoms with Gasteiger partial charge in [-0.05, 0) is 80.3 Å². The summed E-state index contributed by atoms with van der Waals surface area (Å²) in [5.74, 6) is 1.86. The Morgan fingerprint density at radius 1 is 1.00 bits per heavy atom. The van der Waals surface area contributed by atoms with E-state index in [1.165, 1.54) is 24.3 Å². The van der Waals surface area contributed by atoms with Gasteiger partial charge in [0.25, 0.3) is 5.91 Å². The molecule has 1 saturated carbocycles. The number of methoxy groups -OCH3 is 2. The summed E-state index contributed by atoms with van der Waals surface area (Å²) in [6.07, 6.45) is 2.29. The van der Waals surface area contributed by atoms with Crippen molar-refractivity contribution in [2.24, 2.45) is 0 Å². The van der Waals surface area contributed by atoms with Crippen molar-refractivity contribution in [1.29, 1.82) is 0 Å². The molecule has 0 atom stereocenters. The average molecular weight is 495 g/mol. The zero-order valence-electron chi connectivity index (χ0n) is 20.8. The van der Waals surface area contributed by atoms with Crippen LogP contribution < -0.4 is 9.47 Å². The molecule has 0 spiro atoms. The number of halogens is 1. The molecule has 0 N–H and O–H groups in total. The van der Waals surface area contributed by atoms with Crippen molar-refractivity contribution < 1.29 is 27.9 Å². The number of rotatable bonds is 11. The van der Waals surface area contributed by atoms with Crippen LogP contribution in [-0.2, 0) is 17.8 Å². The SMILES string of the molecule is COc1ccc(CCN(Cc2ccc(C)o2)C(=O)CN(C(=O)c2ccc(F)cc2)C2CC2)cc1OC. The molecule has 0 aliphatic heterocycles. The number of hydrogen-bond acceptors (Lipinski definition) is 5. The van der Waals surface area contributed by atoms with Crippen molar-refractivity contribution in [2.75, 3.05) is 27.3 Å². The number of carbonyl (C=O) groups excluding carboxylic acids is 2. The molecular weight excluding hydrogens is 463 g/mol. The summed E-state index contributed by atoms with van der Waals surface area (Å²) >= 11 is 0. The summed E-state index contributed by atoms with van der Waals surface area (Å²) in [4.78, 5) is 30.0. The lowest BCUT2D eigenvalue weighted by Crippen LogP contribution is -2.44. The van der Waals surface area contributed by atoms with Crippen molar-refractivity contribution in [2.45, 2.75) is 38.8 Å². The minimum atomic E-state index is -0.407. The second-order valence-corrected chi connectivity index (χ2v) is 8.94. The molecule has 0 radical (unpaired) electrons. The predicted octanol–water partition coefficient (Wildman–Crippen LogP) is 4.62. The number of nitrogens with zero attached hydrogens (tertiary/aromatic N) is 2. The van der Waals surface area contributed by atoms with Gasteiger partial charge in [0.05, 0.1) is 20.8 Å². The largest absolute Gasteiger partial charge is 0.493 e. The smallest absolute Gasteiger partial charge is 0.254 e. The summed E-state index contributed by atoms with van der Waals surface area (Å²) < 4.78 is 29.8. The first-order valence-corrected chi connectivity index (χ1v) is 12.0. The quantitative estimate of drug-likeness (QED) is 0.389. The van der Waals surface area contributed by atoms with E-state index in [-0.39, 0.29) is 24.4 Å². The highest BCUT2D eigenvalue weighted by molar-refractivity contribution is 5.97. The third-order valence-corrected chi connectivity index (χ3v) is 6.26. The number of furan rings is 1. The Morgan fingerprint density at radius 3 is 2.33 bits per heavy atom. The van der Waals surface area contributed by atoms with Gasteiger partial charge in [-0.25, -0.2) is 4.39 Å². The first-order chi connectivity index (χ1) is 17.4. The number of aryl methyl sites for hydroxylation is 1. The van der Waals surface area contributed by atoms with E-state index in [1.807, 2.05) is 37.3 Å². The van der Waals surface area contributed by atoms with Gasteiger partial charge in [-0.1, -0.05) is 6.07 Å². The van der Waals surface area contributed by atoms with E-state index in [0.29, 0.717) is 42.3 Å². The Balaban J connectivity index is 1.50. The van der Waals surface area contributed by atoms with Crippen LogP contribution in [-0.4, -0.2) is 55.0 Å². The molecule has 0 saturated heterocycles. The van der Waals surface area contributed by atoms with E-state index in [0.717, 1.165) is 24.2 Å². The van der Waals surface area contributed by atoms with Crippen molar-refractivity contribution in [3.8, 4) is 11.5 Å². The molecule has 1 aliphatic carbocycles. The zero-order valence-corrected chi connectivity index (χ0v) is 20.8. The Kier molecular flexibility index (Phi) is 7.93. The molecule has 1 heterocycles. The number of carbonyl (C=O) groups is 2. The highest BCUT2D eigenvalue weighted by Crippen LogP contribution is 2.29. The Morgan fingerprint density at radius 2 is 1.72 bits per heavy atom. The van der Waals surface area contributed by atoms with E-state index >= 15 is 0 Å². The first-order valence-electron chi connectivity index (χ1n) is 12.0. The van der Waals surface area contributed by atoms with Crippen molar-refractivity contribution in [3.63, 3.8) is 0 Å². The maximum absolute atomic E-state index is 13.5. The fourth-order valence-corrected chi connectivity index (χ4v) is 4.11. The average Bonchev–Trinajstić information content (AvgIpc) is 3.65. The topological polar surface area (TPSA) is 72.2 Å². The van der Waals surface area contributed by atoms with Gasteiger partial charge >= 0.3 is 0 Å². The van der Waals surface area contributed by atoms with E-state index in [9.17, 15) is 14.0 Å². The standard InChI is InChI=1S/C28H31FN2O5/c1-19-4-12-24(36-19)17-30(15-14-20-5-13-25(34-2)26(16-20)35-3)27(32)18-31(23-10-11-23)28(33)21-6-8-22(29)9-7-21/h4-9,12-13,16,23H,10-11,14-15,17-18H2,1-3H3. The molecule has 2 amide bonds. The van der Waals surface area contributed by atoms with Gasteiger partial charge in [0, 0.05) is 18.2 Å². The molecule has 0 bridgehead atoms. The van der Waals surface area contributed by atoms with Gasteiger partial charge < -0.3 is 23.7 Å². The lowest BCUT2D eigenvalue weighted by Gasteiger charge is -2.27. The summed E-state index contributed by atoms with van der Waals surface area (Å²) in [7, 11) is 3.17. The molecule has 3 aromatic rings. The molecule has 36 heavy (non-hydrogen) atoms. The fourth-order valence-electron chi connectivity index (χ4n) is 4.11. The maximum Gasteiger partial charge on any atom is 0.254 e. The van der Waals surface area contributed by atoms with E-state index < -0.39 is 5.82 Å². The zero-order chi connectivity index (χ0) is 25.7. The van der Waals surface area contributed by atoms with Crippen molar-refractivity contribution >= 4 is 11.8 Å². The molecule has 0 unspecified atom stereocenters. The van der Waals surface area contributed by atoms with Crippen LogP contribution in [0.4, 0.5) is 4.39 Å². The predicted molar refractivity (Wildman–Crippen MR) is 133 cm³/mol. The van der Waals surface area contributed by atoms with Crippen LogP contribution in [0.1, 0.15) is 40.3 Å². The van der Waals surface area contributed by atoms with Gasteiger partial charge in [0.2, 0.25) is 5.91 Å². The third kappa shape index (κ3) is 6.24. The van der Waals surface area contributed by atoms with Crippen LogP contribution in [0.5, 0.6) is 11.5 Å². The molecule has 1 aliphatic rings. The van der Waals surface area contributed by atoms with Gasteiger partial charge in [-0.3, -0.25) is 9.59 Å². The number of amides is 2. The fraction of sp³-hybridized carbons (Fsp3) is 0.357. The van der Waals surface area contributed by atoms with Gasteiger partial charge in [-0.2, -0.15) is 0 Å². The highest BCUT2D eigenvalue weighted by Gasteiger charge is 2.35. The van der Waals surface area contributed by atoms with E-state index in [2.05, 4.69) is 0 Å². The first kappa shape index (κ1) is 25.3. The van der Waals surface area contributed by atoms with Crippen molar-refractivity contribution in [1.82, 2.24) is 9.80 Å². The third-order valence-electron chi connectivity index (χ3n) is 6.26. The number of benzene rings is 2. The summed E-state index contributed by atoms with van der Waals surface area (Å²) in [5.41, 5.74) is 1.36. The van der Waals surface area contributed by atoms with E-state index in [4.69, 9.17) is 13.9 Å². The van der Waals surface area contributed by atoms with Crippen LogP contribution in [0.15, 0.2) is 59.0 Å². The number of ether oxygens (including phenoxy) is 2. The minimum Gasteiger partial charge on any atom is -0.493 e. The molecule has 1 fully saturated rings. The monoisotopic (exact) mass is 494 g/mol. The van der Waals surface area contributed by atoms with Gasteiger partial charge in [0.15, 0.2) is 11.5 Å². The minimum absolute atomic E-state index is 0.0186. The van der Waals surface area contributed by atoms with Crippen LogP contribution >= 0.6 is 0 Å². The summed E-state index contributed by atoms with van der Waals surface area (Å²) in [6, 6.07) is 14.8. The maximum atomic E-state index is 13.5.